The van der Waals surface area contributed by atoms with E-state index < -0.39 is 18.6 Å². The lowest BCUT2D eigenvalue weighted by Crippen LogP contribution is -2.37. The first-order chi connectivity index (χ1) is 9.02. The summed E-state index contributed by atoms with van der Waals surface area (Å²) in [6.07, 6.45) is 0.384. The molecule has 1 rings (SSSR count). The van der Waals surface area contributed by atoms with Crippen LogP contribution in [0.25, 0.3) is 0 Å². The van der Waals surface area contributed by atoms with Crippen LogP contribution in [0.4, 0.5) is 0 Å². The van der Waals surface area contributed by atoms with Gasteiger partial charge in [-0.05, 0) is 24.1 Å². The van der Waals surface area contributed by atoms with Crippen molar-refractivity contribution in [2.24, 2.45) is 5.73 Å². The number of carbonyl (C=O) groups excluding carboxylic acids is 1. The number of benzene rings is 1. The maximum atomic E-state index is 11.4. The SMILES string of the molecule is NC(CO)C(=O)Oc1cccc(CCON(O)O)c1. The molecule has 1 unspecified atom stereocenters. The van der Waals surface area contributed by atoms with Gasteiger partial charge in [0, 0.05) is 0 Å². The molecule has 0 heterocycles. The third kappa shape index (κ3) is 5.75. The first kappa shape index (κ1) is 15.5. The van der Waals surface area contributed by atoms with Crippen molar-refractivity contribution in [2.45, 2.75) is 12.5 Å². The third-order valence-corrected chi connectivity index (χ3v) is 2.21. The first-order valence-electron chi connectivity index (χ1n) is 5.51. The van der Waals surface area contributed by atoms with Crippen LogP contribution >= 0.6 is 0 Å². The molecule has 0 bridgehead atoms. The van der Waals surface area contributed by atoms with Gasteiger partial charge in [0.05, 0.1) is 18.6 Å². The Bertz CT molecular complexity index is 412. The summed E-state index contributed by atoms with van der Waals surface area (Å²) in [5.41, 5.74) is 6.08. The Labute approximate surface area is 109 Å². The fourth-order valence-electron chi connectivity index (χ4n) is 1.28. The molecule has 8 heteroatoms. The lowest BCUT2D eigenvalue weighted by atomic mass is 10.1. The molecule has 5 N–H and O–H groups in total. The molecule has 0 saturated heterocycles. The molecule has 0 aliphatic carbocycles. The van der Waals surface area contributed by atoms with Gasteiger partial charge in [-0.25, -0.2) is 4.79 Å². The summed E-state index contributed by atoms with van der Waals surface area (Å²) >= 11 is 0. The normalized spacial score (nSPS) is 12.5. The van der Waals surface area contributed by atoms with Crippen molar-refractivity contribution in [3.05, 3.63) is 29.8 Å². The van der Waals surface area contributed by atoms with E-state index >= 15 is 0 Å². The lowest BCUT2D eigenvalue weighted by Gasteiger charge is -2.10. The highest BCUT2D eigenvalue weighted by molar-refractivity contribution is 5.78. The van der Waals surface area contributed by atoms with Crippen LogP contribution in [0.1, 0.15) is 5.56 Å². The smallest absolute Gasteiger partial charge is 0.330 e. The molecule has 0 radical (unpaired) electrons. The van der Waals surface area contributed by atoms with E-state index in [2.05, 4.69) is 4.84 Å². The molecule has 1 aromatic rings. The molecular weight excluding hydrogens is 256 g/mol. The average Bonchev–Trinajstić information content (AvgIpc) is 2.37. The Morgan fingerprint density at radius 1 is 1.42 bits per heavy atom. The molecule has 19 heavy (non-hydrogen) atoms. The lowest BCUT2D eigenvalue weighted by molar-refractivity contribution is -0.492. The van der Waals surface area contributed by atoms with E-state index in [0.29, 0.717) is 6.42 Å². The Hall–Kier alpha value is -1.55. The van der Waals surface area contributed by atoms with Crippen molar-refractivity contribution in [1.29, 1.82) is 0 Å². The topological polar surface area (TPSA) is 125 Å². The summed E-state index contributed by atoms with van der Waals surface area (Å²) in [5, 5.41) is 25.0. The monoisotopic (exact) mass is 272 g/mol. The van der Waals surface area contributed by atoms with Crippen molar-refractivity contribution in [2.75, 3.05) is 13.2 Å². The Morgan fingerprint density at radius 3 is 2.79 bits per heavy atom. The van der Waals surface area contributed by atoms with Crippen molar-refractivity contribution < 1.29 is 29.9 Å². The van der Waals surface area contributed by atoms with Crippen LogP contribution in [0.5, 0.6) is 5.75 Å². The average molecular weight is 272 g/mol. The number of ether oxygens (including phenoxy) is 1. The molecule has 1 atom stereocenters. The Kier molecular flexibility index (Phi) is 6.36. The van der Waals surface area contributed by atoms with Crippen molar-refractivity contribution in [1.82, 2.24) is 5.39 Å². The molecule has 0 spiro atoms. The van der Waals surface area contributed by atoms with Gasteiger partial charge < -0.3 is 15.6 Å². The zero-order chi connectivity index (χ0) is 14.3. The maximum absolute atomic E-state index is 11.4. The molecule has 0 aliphatic heterocycles. The number of carbonyl (C=O) groups is 1. The number of hydrogen-bond donors (Lipinski definition) is 4. The van der Waals surface area contributed by atoms with Gasteiger partial charge in [0.2, 0.25) is 0 Å². The minimum Gasteiger partial charge on any atom is -0.425 e. The highest BCUT2D eigenvalue weighted by atomic mass is 17.1. The van der Waals surface area contributed by atoms with E-state index in [-0.39, 0.29) is 17.7 Å². The highest BCUT2D eigenvalue weighted by Crippen LogP contribution is 2.14. The van der Waals surface area contributed by atoms with Crippen LogP contribution in [-0.2, 0) is 16.1 Å². The van der Waals surface area contributed by atoms with Gasteiger partial charge in [0.15, 0.2) is 0 Å². The van der Waals surface area contributed by atoms with Gasteiger partial charge in [-0.1, -0.05) is 12.1 Å². The van der Waals surface area contributed by atoms with Gasteiger partial charge in [-0.2, -0.15) is 0 Å². The standard InChI is InChI=1S/C11H16N2O6/c12-10(7-14)11(15)19-9-3-1-2-8(6-9)4-5-18-13(16)17/h1-3,6,10,14,16-17H,4-5,7,12H2. The fraction of sp³-hybridized carbons (Fsp3) is 0.364. The summed E-state index contributed by atoms with van der Waals surface area (Å²) < 4.78 is 4.96. The van der Waals surface area contributed by atoms with Crippen LogP contribution in [0.2, 0.25) is 0 Å². The van der Waals surface area contributed by atoms with E-state index in [1.54, 1.807) is 24.3 Å². The third-order valence-electron chi connectivity index (χ3n) is 2.21. The number of esters is 1. The van der Waals surface area contributed by atoms with Gasteiger partial charge in [-0.15, -0.1) is 0 Å². The van der Waals surface area contributed by atoms with Crippen molar-refractivity contribution >= 4 is 5.97 Å². The summed E-state index contributed by atoms with van der Waals surface area (Å²) in [4.78, 5) is 15.8. The number of aliphatic hydroxyl groups excluding tert-OH is 1. The fourth-order valence-corrected chi connectivity index (χ4v) is 1.28. The number of rotatable bonds is 7. The summed E-state index contributed by atoms with van der Waals surface area (Å²) in [6, 6.07) is 5.50. The van der Waals surface area contributed by atoms with E-state index in [9.17, 15) is 4.79 Å². The van der Waals surface area contributed by atoms with E-state index in [1.165, 1.54) is 0 Å². The minimum absolute atomic E-state index is 0.0422. The second kappa shape index (κ2) is 7.79. The van der Waals surface area contributed by atoms with Gasteiger partial charge in [0.1, 0.15) is 11.8 Å². The molecule has 0 saturated carbocycles. The molecule has 1 aromatic carbocycles. The molecular formula is C11H16N2O6. The first-order valence-corrected chi connectivity index (χ1v) is 5.51. The molecule has 106 valence electrons. The van der Waals surface area contributed by atoms with Gasteiger partial charge in [-0.3, -0.25) is 15.3 Å². The number of nitrogens with zero attached hydrogens (tertiary/aromatic N) is 1. The molecule has 0 fully saturated rings. The molecule has 8 nitrogen and oxygen atoms in total. The van der Waals surface area contributed by atoms with Crippen molar-refractivity contribution in [3.8, 4) is 5.75 Å². The van der Waals surface area contributed by atoms with Gasteiger partial charge in [0.25, 0.3) is 0 Å². The number of hydrogen-bond acceptors (Lipinski definition) is 8. The molecule has 0 amide bonds. The predicted molar refractivity (Wildman–Crippen MR) is 62.2 cm³/mol. The minimum atomic E-state index is -1.08. The maximum Gasteiger partial charge on any atom is 0.330 e. The Morgan fingerprint density at radius 2 is 2.16 bits per heavy atom. The second-order valence-corrected chi connectivity index (χ2v) is 3.69. The summed E-state index contributed by atoms with van der Waals surface area (Å²) in [5.74, 6) is -0.441. The van der Waals surface area contributed by atoms with Crippen LogP contribution in [0.15, 0.2) is 24.3 Å². The summed E-state index contributed by atoms with van der Waals surface area (Å²) in [6.45, 7) is -0.449. The Balaban J connectivity index is 2.54. The largest absolute Gasteiger partial charge is 0.425 e. The number of aliphatic hydroxyl groups is 1. The van der Waals surface area contributed by atoms with E-state index in [4.69, 9.17) is 26.0 Å². The predicted octanol–water partition coefficient (Wildman–Crippen LogP) is -0.534. The van der Waals surface area contributed by atoms with Crippen LogP contribution in [0, 0.1) is 0 Å². The zero-order valence-corrected chi connectivity index (χ0v) is 10.1. The van der Waals surface area contributed by atoms with E-state index in [0.717, 1.165) is 5.56 Å². The van der Waals surface area contributed by atoms with Crippen LogP contribution < -0.4 is 10.5 Å². The molecule has 0 aliphatic rings. The van der Waals surface area contributed by atoms with E-state index in [1.807, 2.05) is 0 Å². The summed E-state index contributed by atoms with van der Waals surface area (Å²) in [7, 11) is 0. The number of nitrogens with two attached hydrogens (primary N) is 1. The quantitative estimate of drug-likeness (QED) is 0.296. The van der Waals surface area contributed by atoms with Crippen LogP contribution in [-0.4, -0.2) is 46.1 Å². The second-order valence-electron chi connectivity index (χ2n) is 3.69. The highest BCUT2D eigenvalue weighted by Gasteiger charge is 2.14. The molecule has 0 aromatic heterocycles. The zero-order valence-electron chi connectivity index (χ0n) is 10.1. The van der Waals surface area contributed by atoms with Gasteiger partial charge >= 0.3 is 5.97 Å². The van der Waals surface area contributed by atoms with Crippen LogP contribution in [0.3, 0.4) is 0 Å². The van der Waals surface area contributed by atoms with Crippen molar-refractivity contribution in [3.63, 3.8) is 0 Å².